The van der Waals surface area contributed by atoms with Gasteiger partial charge in [0.25, 0.3) is 0 Å². The maximum Gasteiger partial charge on any atom is 0.327 e. The van der Waals surface area contributed by atoms with E-state index in [0.29, 0.717) is 33.9 Å². The molecule has 2 amide bonds. The molecular formula is C28H28Cl2N4O2. The number of hydrogen-bond acceptors (Lipinski definition) is 3. The Morgan fingerprint density at radius 2 is 1.78 bits per heavy atom. The van der Waals surface area contributed by atoms with Crippen LogP contribution in [0.5, 0.6) is 5.75 Å². The van der Waals surface area contributed by atoms with Crippen molar-refractivity contribution in [1.29, 1.82) is 0 Å². The van der Waals surface area contributed by atoms with E-state index in [0.717, 1.165) is 42.3 Å². The van der Waals surface area contributed by atoms with Crippen molar-refractivity contribution in [3.8, 4) is 11.4 Å². The fourth-order valence-electron chi connectivity index (χ4n) is 4.72. The largest absolute Gasteiger partial charge is 0.494 e. The van der Waals surface area contributed by atoms with Crippen molar-refractivity contribution >= 4 is 51.6 Å². The zero-order chi connectivity index (χ0) is 25.1. The third-order valence-electron chi connectivity index (χ3n) is 6.41. The molecule has 0 atom stereocenters. The summed E-state index contributed by atoms with van der Waals surface area (Å²) in [5, 5.41) is 10.1. The van der Waals surface area contributed by atoms with Gasteiger partial charge in [-0.3, -0.25) is 0 Å². The average molecular weight is 523 g/mol. The Hall–Kier alpha value is -3.22. The minimum absolute atomic E-state index is 0.130. The molecule has 1 fully saturated rings. The van der Waals surface area contributed by atoms with E-state index >= 15 is 0 Å². The molecule has 1 heterocycles. The Labute approximate surface area is 220 Å². The van der Waals surface area contributed by atoms with E-state index in [4.69, 9.17) is 33.0 Å². The minimum atomic E-state index is -0.215. The van der Waals surface area contributed by atoms with Gasteiger partial charge in [0, 0.05) is 27.5 Å². The highest BCUT2D eigenvalue weighted by molar-refractivity contribution is 6.31. The number of aromatic nitrogens is 2. The Kier molecular flexibility index (Phi) is 7.35. The summed E-state index contributed by atoms with van der Waals surface area (Å²) in [6.45, 7) is 2.46. The summed E-state index contributed by atoms with van der Waals surface area (Å²) in [6.07, 6.45) is 5.39. The van der Waals surface area contributed by atoms with Crippen LogP contribution in [-0.2, 0) is 0 Å². The number of anilines is 2. The second kappa shape index (κ2) is 10.8. The van der Waals surface area contributed by atoms with Gasteiger partial charge in [-0.2, -0.15) is 5.10 Å². The second-order valence-electron chi connectivity index (χ2n) is 8.92. The zero-order valence-corrected chi connectivity index (χ0v) is 21.6. The van der Waals surface area contributed by atoms with Gasteiger partial charge in [-0.1, -0.05) is 48.5 Å². The van der Waals surface area contributed by atoms with Crippen LogP contribution in [0.15, 0.2) is 66.7 Å². The molecule has 4 aromatic rings. The van der Waals surface area contributed by atoms with Gasteiger partial charge in [0.1, 0.15) is 5.75 Å². The van der Waals surface area contributed by atoms with Gasteiger partial charge in [0.05, 0.1) is 23.5 Å². The summed E-state index contributed by atoms with van der Waals surface area (Å²) in [4.78, 5) is 15.7. The molecule has 0 spiro atoms. The van der Waals surface area contributed by atoms with E-state index in [2.05, 4.69) is 5.32 Å². The van der Waals surface area contributed by atoms with E-state index < -0.39 is 0 Å². The van der Waals surface area contributed by atoms with Crippen LogP contribution in [0.4, 0.5) is 16.3 Å². The summed E-state index contributed by atoms with van der Waals surface area (Å²) in [7, 11) is 0. The van der Waals surface area contributed by atoms with Crippen LogP contribution in [0.1, 0.15) is 39.0 Å². The van der Waals surface area contributed by atoms with E-state index in [1.54, 1.807) is 15.6 Å². The normalized spacial score (nSPS) is 14.1. The van der Waals surface area contributed by atoms with Crippen molar-refractivity contribution < 1.29 is 9.53 Å². The second-order valence-corrected chi connectivity index (χ2v) is 9.80. The van der Waals surface area contributed by atoms with E-state index in [9.17, 15) is 4.79 Å². The molecule has 36 heavy (non-hydrogen) atoms. The molecule has 1 aliphatic rings. The predicted molar refractivity (Wildman–Crippen MR) is 146 cm³/mol. The number of carbonyl (C=O) groups is 1. The van der Waals surface area contributed by atoms with E-state index in [-0.39, 0.29) is 12.1 Å². The maximum atomic E-state index is 14.0. The Morgan fingerprint density at radius 3 is 2.53 bits per heavy atom. The summed E-state index contributed by atoms with van der Waals surface area (Å²) < 4.78 is 7.53. The third-order valence-corrected chi connectivity index (χ3v) is 6.90. The van der Waals surface area contributed by atoms with Crippen LogP contribution in [0.25, 0.3) is 16.6 Å². The van der Waals surface area contributed by atoms with Crippen LogP contribution in [0, 0.1) is 0 Å². The van der Waals surface area contributed by atoms with Crippen LogP contribution >= 0.6 is 23.2 Å². The van der Waals surface area contributed by atoms with Crippen LogP contribution < -0.4 is 15.0 Å². The topological polar surface area (TPSA) is 59.4 Å². The highest BCUT2D eigenvalue weighted by atomic mass is 35.5. The minimum Gasteiger partial charge on any atom is -0.494 e. The fourth-order valence-corrected chi connectivity index (χ4v) is 5.02. The van der Waals surface area contributed by atoms with Crippen molar-refractivity contribution in [2.45, 2.75) is 45.1 Å². The third kappa shape index (κ3) is 5.15. The lowest BCUT2D eigenvalue weighted by Gasteiger charge is -2.29. The Balaban J connectivity index is 1.70. The number of benzene rings is 3. The van der Waals surface area contributed by atoms with Gasteiger partial charge in [-0.25, -0.2) is 14.4 Å². The number of hydrogen-bond donors (Lipinski definition) is 1. The lowest BCUT2D eigenvalue weighted by Crippen LogP contribution is -2.44. The molecule has 186 valence electrons. The molecule has 8 heteroatoms. The molecule has 1 aromatic heterocycles. The number of halogens is 2. The van der Waals surface area contributed by atoms with Crippen LogP contribution in [0.2, 0.25) is 10.0 Å². The monoisotopic (exact) mass is 522 g/mol. The Morgan fingerprint density at radius 1 is 1.03 bits per heavy atom. The fraction of sp³-hybridized carbons (Fsp3) is 0.286. The number of nitrogens with one attached hydrogen (secondary N) is 1. The van der Waals surface area contributed by atoms with Gasteiger partial charge in [0.2, 0.25) is 0 Å². The number of fused-ring (bicyclic) bond motifs is 1. The van der Waals surface area contributed by atoms with Gasteiger partial charge in [-0.05, 0) is 74.4 Å². The molecule has 0 aliphatic heterocycles. The number of nitrogens with zero attached hydrogens (tertiary/aromatic N) is 3. The number of ether oxygens (including phenoxy) is 1. The first-order valence-corrected chi connectivity index (χ1v) is 13.1. The number of urea groups is 1. The van der Waals surface area contributed by atoms with Crippen molar-refractivity contribution in [3.63, 3.8) is 0 Å². The van der Waals surface area contributed by atoms with Crippen molar-refractivity contribution in [1.82, 2.24) is 15.1 Å². The first-order chi connectivity index (χ1) is 17.5. The van der Waals surface area contributed by atoms with Crippen LogP contribution in [0.3, 0.4) is 0 Å². The van der Waals surface area contributed by atoms with Gasteiger partial charge in [0.15, 0.2) is 5.82 Å². The van der Waals surface area contributed by atoms with Crippen molar-refractivity contribution in [2.75, 3.05) is 11.5 Å². The highest BCUT2D eigenvalue weighted by Gasteiger charge is 2.28. The summed E-state index contributed by atoms with van der Waals surface area (Å²) in [5.74, 6) is 1.28. The lowest BCUT2D eigenvalue weighted by molar-refractivity contribution is 0.240. The number of carbonyl (C=O) groups excluding carboxylic acids is 1. The zero-order valence-electron chi connectivity index (χ0n) is 20.1. The summed E-state index contributed by atoms with van der Waals surface area (Å²) in [5.41, 5.74) is 2.17. The molecule has 3 aromatic carbocycles. The van der Waals surface area contributed by atoms with E-state index in [1.165, 1.54) is 6.42 Å². The molecule has 0 bridgehead atoms. The van der Waals surface area contributed by atoms with Crippen LogP contribution in [-0.4, -0.2) is 28.5 Å². The van der Waals surface area contributed by atoms with Gasteiger partial charge < -0.3 is 10.1 Å². The van der Waals surface area contributed by atoms with E-state index in [1.807, 2.05) is 67.6 Å². The highest BCUT2D eigenvalue weighted by Crippen LogP contribution is 2.37. The first kappa shape index (κ1) is 24.5. The molecule has 0 unspecified atom stereocenters. The van der Waals surface area contributed by atoms with Gasteiger partial charge in [-0.15, -0.1) is 0 Å². The molecule has 0 saturated heterocycles. The van der Waals surface area contributed by atoms with Crippen molar-refractivity contribution in [2.24, 2.45) is 0 Å². The Bertz CT molecular complexity index is 1360. The summed E-state index contributed by atoms with van der Waals surface area (Å²) in [6, 6.07) is 20.4. The summed E-state index contributed by atoms with van der Waals surface area (Å²) >= 11 is 12.6. The number of rotatable bonds is 6. The lowest BCUT2D eigenvalue weighted by atomic mass is 9.96. The predicted octanol–water partition coefficient (Wildman–Crippen LogP) is 7.91. The molecular weight excluding hydrogens is 495 g/mol. The standard InChI is InChI=1S/C28H28Cl2N4O2/c1-2-36-24-10-6-9-23(18-24)33(28(35)31-21-7-4-3-5-8-21)27-25-17-20(30)13-16-26(25)32-34(27)22-14-11-19(29)12-15-22/h6,9-18,21H,2-5,7-8H2,1H3,(H,31,35). The molecule has 1 aliphatic carbocycles. The SMILES string of the molecule is CCOc1cccc(N(C(=O)NC2CCCCC2)c2c3cc(Cl)ccc3nn2-c2ccc(Cl)cc2)c1. The smallest absolute Gasteiger partial charge is 0.327 e. The van der Waals surface area contributed by atoms with Gasteiger partial charge >= 0.3 is 6.03 Å². The molecule has 1 saturated carbocycles. The molecule has 5 rings (SSSR count). The molecule has 6 nitrogen and oxygen atoms in total. The number of amides is 2. The average Bonchev–Trinajstić information content (AvgIpc) is 3.24. The quantitative estimate of drug-likeness (QED) is 0.279. The molecule has 0 radical (unpaired) electrons. The molecule has 1 N–H and O–H groups in total. The maximum absolute atomic E-state index is 14.0. The first-order valence-electron chi connectivity index (χ1n) is 12.3. The van der Waals surface area contributed by atoms with Crippen molar-refractivity contribution in [3.05, 3.63) is 76.8 Å².